The molecule has 1 N–H and O–H groups in total. The molecule has 4 rings (SSSR count). The zero-order valence-corrected chi connectivity index (χ0v) is 14.6. The van der Waals surface area contributed by atoms with Gasteiger partial charge < -0.3 is 10.1 Å². The van der Waals surface area contributed by atoms with E-state index in [4.69, 9.17) is 4.74 Å². The van der Waals surface area contributed by atoms with Gasteiger partial charge in [-0.15, -0.1) is 0 Å². The Morgan fingerprint density at radius 2 is 1.81 bits per heavy atom. The molecule has 6 heteroatoms. The van der Waals surface area contributed by atoms with Crippen molar-refractivity contribution in [1.29, 1.82) is 0 Å². The normalized spacial score (nSPS) is 10.6. The molecule has 0 saturated heterocycles. The van der Waals surface area contributed by atoms with Crippen LogP contribution in [-0.2, 0) is 4.74 Å². The van der Waals surface area contributed by atoms with Crippen molar-refractivity contribution in [1.82, 2.24) is 15.0 Å². The zero-order chi connectivity index (χ0) is 18.6. The number of nitrogens with one attached hydrogen (secondary N) is 1. The van der Waals surface area contributed by atoms with Gasteiger partial charge in [-0.2, -0.15) is 0 Å². The summed E-state index contributed by atoms with van der Waals surface area (Å²) >= 11 is 0. The van der Waals surface area contributed by atoms with Crippen molar-refractivity contribution in [3.05, 3.63) is 78.5 Å². The van der Waals surface area contributed by atoms with Crippen molar-refractivity contribution in [2.45, 2.75) is 0 Å². The van der Waals surface area contributed by atoms with Crippen LogP contribution in [0.2, 0.25) is 0 Å². The molecule has 0 radical (unpaired) electrons. The lowest BCUT2D eigenvalue weighted by molar-refractivity contribution is 0.0601. The highest BCUT2D eigenvalue weighted by atomic mass is 16.5. The molecule has 0 fully saturated rings. The second-order valence-corrected chi connectivity index (χ2v) is 5.83. The van der Waals surface area contributed by atoms with Crippen molar-refractivity contribution in [3.63, 3.8) is 0 Å². The summed E-state index contributed by atoms with van der Waals surface area (Å²) in [5.41, 5.74) is 2.69. The van der Waals surface area contributed by atoms with Crippen molar-refractivity contribution in [2.24, 2.45) is 0 Å². The molecule has 0 saturated carbocycles. The smallest absolute Gasteiger partial charge is 0.337 e. The Bertz CT molecular complexity index is 1110. The second-order valence-electron chi connectivity index (χ2n) is 5.83. The molecule has 27 heavy (non-hydrogen) atoms. The molecule has 0 atom stereocenters. The molecule has 2 aromatic heterocycles. The van der Waals surface area contributed by atoms with Crippen LogP contribution in [0.5, 0.6) is 0 Å². The third-order valence-electron chi connectivity index (χ3n) is 4.04. The van der Waals surface area contributed by atoms with E-state index >= 15 is 0 Å². The summed E-state index contributed by atoms with van der Waals surface area (Å²) in [6, 6.07) is 20.4. The molecule has 4 aromatic rings. The van der Waals surface area contributed by atoms with Gasteiger partial charge in [-0.05, 0) is 42.5 Å². The van der Waals surface area contributed by atoms with Gasteiger partial charge in [-0.1, -0.05) is 24.3 Å². The van der Waals surface area contributed by atoms with Crippen molar-refractivity contribution in [3.8, 4) is 11.5 Å². The largest absolute Gasteiger partial charge is 0.465 e. The second kappa shape index (κ2) is 7.21. The lowest BCUT2D eigenvalue weighted by atomic mass is 10.2. The number of nitrogens with zero attached hydrogens (tertiary/aromatic N) is 3. The van der Waals surface area contributed by atoms with E-state index in [0.717, 1.165) is 16.6 Å². The molecule has 0 bridgehead atoms. The zero-order valence-electron chi connectivity index (χ0n) is 14.6. The average molecular weight is 356 g/mol. The fourth-order valence-electron chi connectivity index (χ4n) is 2.76. The van der Waals surface area contributed by atoms with E-state index in [1.54, 1.807) is 24.4 Å². The van der Waals surface area contributed by atoms with Crippen LogP contribution in [0.25, 0.3) is 22.4 Å². The monoisotopic (exact) mass is 356 g/mol. The molecule has 2 heterocycles. The van der Waals surface area contributed by atoms with E-state index in [1.165, 1.54) is 7.11 Å². The number of carbonyl (C=O) groups excluding carboxylic acids is 1. The number of fused-ring (bicyclic) bond motifs is 1. The van der Waals surface area contributed by atoms with E-state index in [1.807, 2.05) is 48.5 Å². The van der Waals surface area contributed by atoms with Gasteiger partial charge in [-0.25, -0.2) is 14.8 Å². The topological polar surface area (TPSA) is 77.0 Å². The molecule has 0 unspecified atom stereocenters. The number of hydrogen-bond donors (Lipinski definition) is 1. The number of rotatable bonds is 4. The number of pyridine rings is 1. The third-order valence-corrected chi connectivity index (χ3v) is 4.04. The van der Waals surface area contributed by atoms with Crippen LogP contribution in [-0.4, -0.2) is 28.0 Å². The van der Waals surface area contributed by atoms with Gasteiger partial charge in [0.15, 0.2) is 5.82 Å². The fraction of sp³-hybridized carbons (Fsp3) is 0.0476. The van der Waals surface area contributed by atoms with Crippen LogP contribution in [0, 0.1) is 0 Å². The lowest BCUT2D eigenvalue weighted by Crippen LogP contribution is -2.03. The molecule has 0 aliphatic rings. The molecule has 0 amide bonds. The molecular weight excluding hydrogens is 340 g/mol. The highest BCUT2D eigenvalue weighted by molar-refractivity contribution is 5.93. The Morgan fingerprint density at radius 1 is 0.963 bits per heavy atom. The Kier molecular flexibility index (Phi) is 4.45. The first kappa shape index (κ1) is 16.7. The lowest BCUT2D eigenvalue weighted by Gasteiger charge is -2.11. The molecule has 0 aliphatic heterocycles. The number of carbonyl (C=O) groups is 1. The highest BCUT2D eigenvalue weighted by Gasteiger charge is 2.11. The highest BCUT2D eigenvalue weighted by Crippen LogP contribution is 2.27. The number of methoxy groups -OCH3 is 1. The number of hydrogen-bond acceptors (Lipinski definition) is 6. The van der Waals surface area contributed by atoms with Gasteiger partial charge in [0.05, 0.1) is 18.2 Å². The molecule has 0 aliphatic carbocycles. The van der Waals surface area contributed by atoms with Gasteiger partial charge in [0.1, 0.15) is 11.5 Å². The van der Waals surface area contributed by atoms with E-state index in [9.17, 15) is 4.79 Å². The standard InChI is InChI=1S/C21H16N4O2/c1-27-21(26)14-7-6-8-15(13-14)23-19-16-9-2-3-10-17(16)24-20(25-19)18-11-4-5-12-22-18/h2-13H,1H3,(H,23,24,25). The quantitative estimate of drug-likeness (QED) is 0.552. The maximum absolute atomic E-state index is 11.8. The first-order valence-electron chi connectivity index (χ1n) is 8.38. The number of para-hydroxylation sites is 1. The predicted octanol–water partition coefficient (Wildman–Crippen LogP) is 4.22. The van der Waals surface area contributed by atoms with Crippen LogP contribution < -0.4 is 5.32 Å². The first-order chi connectivity index (χ1) is 13.2. The minimum atomic E-state index is -0.389. The Balaban J connectivity index is 1.80. The minimum absolute atomic E-state index is 0.389. The van der Waals surface area contributed by atoms with Crippen LogP contribution in [0.3, 0.4) is 0 Å². The van der Waals surface area contributed by atoms with E-state index in [-0.39, 0.29) is 5.97 Å². The van der Waals surface area contributed by atoms with Crippen molar-refractivity contribution >= 4 is 28.4 Å². The number of benzene rings is 2. The SMILES string of the molecule is COC(=O)c1cccc(Nc2nc(-c3ccccn3)nc3ccccc23)c1. The molecule has 132 valence electrons. The number of anilines is 2. The summed E-state index contributed by atoms with van der Waals surface area (Å²) in [5, 5.41) is 4.17. The van der Waals surface area contributed by atoms with Crippen molar-refractivity contribution < 1.29 is 9.53 Å². The maximum atomic E-state index is 11.8. The first-order valence-corrected chi connectivity index (χ1v) is 8.38. The fourth-order valence-corrected chi connectivity index (χ4v) is 2.76. The molecule has 6 nitrogen and oxygen atoms in total. The third kappa shape index (κ3) is 3.46. The Labute approximate surface area is 155 Å². The maximum Gasteiger partial charge on any atom is 0.337 e. The van der Waals surface area contributed by atoms with Crippen molar-refractivity contribution in [2.75, 3.05) is 12.4 Å². The number of esters is 1. The molecule has 2 aromatic carbocycles. The van der Waals surface area contributed by atoms with Gasteiger partial charge in [0, 0.05) is 17.3 Å². The summed E-state index contributed by atoms with van der Waals surface area (Å²) in [7, 11) is 1.36. The number of ether oxygens (including phenoxy) is 1. The molecular formula is C21H16N4O2. The predicted molar refractivity (Wildman–Crippen MR) is 104 cm³/mol. The summed E-state index contributed by atoms with van der Waals surface area (Å²) < 4.78 is 4.79. The Morgan fingerprint density at radius 3 is 2.63 bits per heavy atom. The van der Waals surface area contributed by atoms with Crippen LogP contribution >= 0.6 is 0 Å². The molecule has 0 spiro atoms. The van der Waals surface area contributed by atoms with Gasteiger partial charge in [0.2, 0.25) is 0 Å². The van der Waals surface area contributed by atoms with Crippen LogP contribution in [0.4, 0.5) is 11.5 Å². The van der Waals surface area contributed by atoms with E-state index in [0.29, 0.717) is 22.9 Å². The van der Waals surface area contributed by atoms with Gasteiger partial charge in [0.25, 0.3) is 0 Å². The van der Waals surface area contributed by atoms with E-state index < -0.39 is 0 Å². The summed E-state index contributed by atoms with van der Waals surface area (Å²) in [4.78, 5) is 25.4. The average Bonchev–Trinajstić information content (AvgIpc) is 2.74. The summed E-state index contributed by atoms with van der Waals surface area (Å²) in [5.74, 6) is 0.782. The van der Waals surface area contributed by atoms with Gasteiger partial charge in [-0.3, -0.25) is 4.98 Å². The summed E-state index contributed by atoms with van der Waals surface area (Å²) in [6.45, 7) is 0. The Hall–Kier alpha value is -3.80. The van der Waals surface area contributed by atoms with E-state index in [2.05, 4.69) is 20.3 Å². The summed E-state index contributed by atoms with van der Waals surface area (Å²) in [6.07, 6.45) is 1.71. The van der Waals surface area contributed by atoms with Crippen LogP contribution in [0.1, 0.15) is 10.4 Å². The van der Waals surface area contributed by atoms with Gasteiger partial charge >= 0.3 is 5.97 Å². The van der Waals surface area contributed by atoms with Crippen LogP contribution in [0.15, 0.2) is 72.9 Å². The number of aromatic nitrogens is 3. The minimum Gasteiger partial charge on any atom is -0.465 e.